The van der Waals surface area contributed by atoms with Gasteiger partial charge in [0.05, 0.1) is 12.1 Å². The minimum absolute atomic E-state index is 0.0187. The fourth-order valence-corrected chi connectivity index (χ4v) is 2.45. The van der Waals surface area contributed by atoms with Crippen molar-refractivity contribution in [3.63, 3.8) is 0 Å². The second-order valence-electron chi connectivity index (χ2n) is 5.14. The maximum Gasteiger partial charge on any atom is 0.253 e. The van der Waals surface area contributed by atoms with Gasteiger partial charge in [-0.2, -0.15) is 0 Å². The third kappa shape index (κ3) is 2.57. The molecule has 0 saturated heterocycles. The third-order valence-corrected chi connectivity index (χ3v) is 3.24. The van der Waals surface area contributed by atoms with Crippen LogP contribution in [-0.2, 0) is 14.3 Å². The number of imide groups is 1. The zero-order valence-electron chi connectivity index (χ0n) is 10.4. The van der Waals surface area contributed by atoms with Crippen LogP contribution in [-0.4, -0.2) is 35.5 Å². The van der Waals surface area contributed by atoms with Crippen LogP contribution >= 0.6 is 0 Å². The Kier molecular flexibility index (Phi) is 3.62. The van der Waals surface area contributed by atoms with Crippen molar-refractivity contribution in [2.24, 2.45) is 5.92 Å². The van der Waals surface area contributed by atoms with Crippen molar-refractivity contribution in [3.05, 3.63) is 12.2 Å². The molecule has 94 valence electrons. The lowest BCUT2D eigenvalue weighted by molar-refractivity contribution is -0.142. The predicted molar refractivity (Wildman–Crippen MR) is 63.2 cm³/mol. The predicted octanol–water partition coefficient (Wildman–Crippen LogP) is 1.51. The summed E-state index contributed by atoms with van der Waals surface area (Å²) in [5, 5.41) is 0. The van der Waals surface area contributed by atoms with Gasteiger partial charge in [0.1, 0.15) is 0 Å². The number of amides is 2. The molecule has 0 aromatic heterocycles. The fraction of sp³-hybridized carbons (Fsp3) is 0.692. The lowest BCUT2D eigenvalue weighted by Gasteiger charge is -2.28. The molecule has 0 aromatic carbocycles. The van der Waals surface area contributed by atoms with E-state index in [9.17, 15) is 9.59 Å². The number of ether oxygens (including phenoxy) is 1. The van der Waals surface area contributed by atoms with E-state index in [4.69, 9.17) is 4.74 Å². The summed E-state index contributed by atoms with van der Waals surface area (Å²) in [5.74, 6) is 0.0828. The number of rotatable bonds is 4. The lowest BCUT2D eigenvalue weighted by atomic mass is 10.1. The number of hydrogen-bond acceptors (Lipinski definition) is 3. The van der Waals surface area contributed by atoms with E-state index in [1.165, 1.54) is 17.1 Å². The average molecular weight is 237 g/mol. The smallest absolute Gasteiger partial charge is 0.253 e. The van der Waals surface area contributed by atoms with Crippen LogP contribution in [0.4, 0.5) is 0 Å². The van der Waals surface area contributed by atoms with Crippen LogP contribution in [0.15, 0.2) is 12.2 Å². The summed E-state index contributed by atoms with van der Waals surface area (Å²) >= 11 is 0. The second kappa shape index (κ2) is 5.00. The van der Waals surface area contributed by atoms with Crippen LogP contribution in [0.2, 0.25) is 0 Å². The molecule has 1 fully saturated rings. The first kappa shape index (κ1) is 12.3. The van der Waals surface area contributed by atoms with E-state index in [2.05, 4.69) is 13.8 Å². The Morgan fingerprint density at radius 2 is 1.94 bits per heavy atom. The van der Waals surface area contributed by atoms with Gasteiger partial charge in [-0.1, -0.05) is 13.8 Å². The number of carbonyl (C=O) groups excluding carboxylic acids is 2. The summed E-state index contributed by atoms with van der Waals surface area (Å²) < 4.78 is 5.81. The molecule has 0 radical (unpaired) electrons. The van der Waals surface area contributed by atoms with Gasteiger partial charge in [0.15, 0.2) is 0 Å². The van der Waals surface area contributed by atoms with E-state index in [0.29, 0.717) is 12.5 Å². The summed E-state index contributed by atoms with van der Waals surface area (Å²) in [6.45, 7) is 4.88. The molecule has 1 saturated carbocycles. The van der Waals surface area contributed by atoms with Gasteiger partial charge in [-0.25, -0.2) is 0 Å². The highest BCUT2D eigenvalue weighted by atomic mass is 16.5. The molecule has 2 atom stereocenters. The van der Waals surface area contributed by atoms with Crippen LogP contribution in [0.25, 0.3) is 0 Å². The van der Waals surface area contributed by atoms with Gasteiger partial charge in [-0.3, -0.25) is 14.5 Å². The van der Waals surface area contributed by atoms with E-state index >= 15 is 0 Å². The molecule has 1 aliphatic heterocycles. The summed E-state index contributed by atoms with van der Waals surface area (Å²) in [5.41, 5.74) is 0. The van der Waals surface area contributed by atoms with E-state index in [-0.39, 0.29) is 24.0 Å². The maximum absolute atomic E-state index is 11.6. The summed E-state index contributed by atoms with van der Waals surface area (Å²) in [7, 11) is 0. The van der Waals surface area contributed by atoms with Crippen molar-refractivity contribution in [2.45, 2.75) is 45.3 Å². The molecule has 1 heterocycles. The standard InChI is InChI=1S/C13H19NO3/c1-9(2)8-17-11-5-3-4-10(11)14-12(15)6-7-13(14)16/h6-7,9-11H,3-5,8H2,1-2H3/t10-,11-/m0/s1. The van der Waals surface area contributed by atoms with Crippen molar-refractivity contribution in [1.82, 2.24) is 4.90 Å². The van der Waals surface area contributed by atoms with Crippen molar-refractivity contribution < 1.29 is 14.3 Å². The molecule has 2 amide bonds. The molecule has 2 rings (SSSR count). The van der Waals surface area contributed by atoms with Crippen LogP contribution < -0.4 is 0 Å². The Balaban J connectivity index is 1.99. The van der Waals surface area contributed by atoms with Crippen LogP contribution in [0, 0.1) is 5.92 Å². The van der Waals surface area contributed by atoms with Crippen LogP contribution in [0.1, 0.15) is 33.1 Å². The molecule has 2 aliphatic rings. The highest BCUT2D eigenvalue weighted by molar-refractivity contribution is 6.13. The van der Waals surface area contributed by atoms with Gasteiger partial charge in [0, 0.05) is 18.8 Å². The largest absolute Gasteiger partial charge is 0.376 e. The second-order valence-corrected chi connectivity index (χ2v) is 5.14. The molecule has 4 nitrogen and oxygen atoms in total. The van der Waals surface area contributed by atoms with Gasteiger partial charge in [0.25, 0.3) is 11.8 Å². The van der Waals surface area contributed by atoms with Gasteiger partial charge in [-0.15, -0.1) is 0 Å². The quantitative estimate of drug-likeness (QED) is 0.696. The Labute approximate surface area is 102 Å². The first-order valence-corrected chi connectivity index (χ1v) is 6.26. The van der Waals surface area contributed by atoms with E-state index in [0.717, 1.165) is 19.3 Å². The molecule has 0 bridgehead atoms. The van der Waals surface area contributed by atoms with Gasteiger partial charge >= 0.3 is 0 Å². The van der Waals surface area contributed by atoms with E-state index in [1.807, 2.05) is 0 Å². The Morgan fingerprint density at radius 3 is 2.53 bits per heavy atom. The Bertz CT molecular complexity index is 331. The summed E-state index contributed by atoms with van der Waals surface area (Å²) in [6, 6.07) is -0.0660. The van der Waals surface area contributed by atoms with Gasteiger partial charge in [-0.05, 0) is 25.2 Å². The maximum atomic E-state index is 11.6. The topological polar surface area (TPSA) is 46.6 Å². The molecule has 0 spiro atoms. The fourth-order valence-electron chi connectivity index (χ4n) is 2.45. The highest BCUT2D eigenvalue weighted by Gasteiger charge is 2.39. The Morgan fingerprint density at radius 1 is 1.29 bits per heavy atom. The van der Waals surface area contributed by atoms with Crippen LogP contribution in [0.5, 0.6) is 0 Å². The molecule has 0 aromatic rings. The van der Waals surface area contributed by atoms with Crippen molar-refractivity contribution in [2.75, 3.05) is 6.61 Å². The minimum Gasteiger partial charge on any atom is -0.376 e. The summed E-state index contributed by atoms with van der Waals surface area (Å²) in [4.78, 5) is 24.6. The molecular weight excluding hydrogens is 218 g/mol. The molecule has 17 heavy (non-hydrogen) atoms. The van der Waals surface area contributed by atoms with E-state index < -0.39 is 0 Å². The molecular formula is C13H19NO3. The normalized spacial score (nSPS) is 28.8. The first-order valence-electron chi connectivity index (χ1n) is 6.26. The van der Waals surface area contributed by atoms with Gasteiger partial charge in [0.2, 0.25) is 0 Å². The highest BCUT2D eigenvalue weighted by Crippen LogP contribution is 2.29. The van der Waals surface area contributed by atoms with Crippen molar-refractivity contribution >= 4 is 11.8 Å². The molecule has 0 unspecified atom stereocenters. The zero-order valence-corrected chi connectivity index (χ0v) is 10.4. The van der Waals surface area contributed by atoms with Gasteiger partial charge < -0.3 is 4.74 Å². The van der Waals surface area contributed by atoms with Crippen molar-refractivity contribution in [3.8, 4) is 0 Å². The average Bonchev–Trinajstić information content (AvgIpc) is 2.83. The lowest BCUT2D eigenvalue weighted by Crippen LogP contribution is -2.45. The number of hydrogen-bond donors (Lipinski definition) is 0. The van der Waals surface area contributed by atoms with Crippen molar-refractivity contribution in [1.29, 1.82) is 0 Å². The minimum atomic E-state index is -0.194. The molecule has 1 aliphatic carbocycles. The number of carbonyl (C=O) groups is 2. The molecule has 4 heteroatoms. The Hall–Kier alpha value is -1.16. The SMILES string of the molecule is CC(C)CO[C@H]1CCC[C@@H]1N1C(=O)C=CC1=O. The zero-order chi connectivity index (χ0) is 12.4. The first-order chi connectivity index (χ1) is 8.09. The number of nitrogens with zero attached hydrogens (tertiary/aromatic N) is 1. The van der Waals surface area contributed by atoms with E-state index in [1.54, 1.807) is 0 Å². The monoisotopic (exact) mass is 237 g/mol. The third-order valence-electron chi connectivity index (χ3n) is 3.24. The summed E-state index contributed by atoms with van der Waals surface area (Å²) in [6.07, 6.45) is 5.53. The molecule has 0 N–H and O–H groups in total. The van der Waals surface area contributed by atoms with Crippen LogP contribution in [0.3, 0.4) is 0 Å².